The monoisotopic (exact) mass is 325 g/mol. The normalized spacial score (nSPS) is 12.4. The fraction of sp³-hybridized carbons (Fsp3) is 0.143. The highest BCUT2D eigenvalue weighted by Gasteiger charge is 2.14. The van der Waals surface area contributed by atoms with Gasteiger partial charge in [-0.25, -0.2) is 0 Å². The summed E-state index contributed by atoms with van der Waals surface area (Å²) in [6.07, 6.45) is -0.777. The molecule has 2 nitrogen and oxygen atoms in total. The van der Waals surface area contributed by atoms with E-state index in [1.54, 1.807) is 12.1 Å². The van der Waals surface area contributed by atoms with Crippen LogP contribution in [-0.4, -0.2) is 5.11 Å². The molecule has 2 aromatic carbocycles. The van der Waals surface area contributed by atoms with Crippen LogP contribution in [0.1, 0.15) is 22.8 Å². The largest absolute Gasteiger partial charge is 0.398 e. The molecule has 0 radical (unpaired) electrons. The van der Waals surface area contributed by atoms with E-state index in [-0.39, 0.29) is 0 Å². The summed E-state index contributed by atoms with van der Waals surface area (Å²) in [6.45, 7) is 1.92. The van der Waals surface area contributed by atoms with Gasteiger partial charge in [0, 0.05) is 20.7 Å². The Kier molecular flexibility index (Phi) is 3.95. The molecule has 0 spiro atoms. The molecule has 0 amide bonds. The average Bonchev–Trinajstić information content (AvgIpc) is 2.35. The van der Waals surface area contributed by atoms with Gasteiger partial charge >= 0.3 is 0 Å². The first-order chi connectivity index (χ1) is 8.49. The standard InChI is InChI=1S/C14H13BrClNO/c1-8-2-3-9(6-12(8)16)14(18)11-7-10(15)4-5-13(11)17/h2-7,14,18H,17H2,1H3. The molecule has 18 heavy (non-hydrogen) atoms. The highest BCUT2D eigenvalue weighted by molar-refractivity contribution is 9.10. The van der Waals surface area contributed by atoms with Gasteiger partial charge in [0.15, 0.2) is 0 Å². The highest BCUT2D eigenvalue weighted by Crippen LogP contribution is 2.31. The number of hydrogen-bond donors (Lipinski definition) is 2. The maximum absolute atomic E-state index is 10.4. The summed E-state index contributed by atoms with van der Waals surface area (Å²) >= 11 is 9.44. The second kappa shape index (κ2) is 5.31. The van der Waals surface area contributed by atoms with Gasteiger partial charge in [-0.2, -0.15) is 0 Å². The molecule has 0 fully saturated rings. The van der Waals surface area contributed by atoms with Crippen molar-refractivity contribution in [2.45, 2.75) is 13.0 Å². The molecule has 94 valence electrons. The third-order valence-corrected chi connectivity index (χ3v) is 3.76. The van der Waals surface area contributed by atoms with Crippen LogP contribution in [0.3, 0.4) is 0 Å². The predicted octanol–water partition coefficient (Wildman–Crippen LogP) is 4.07. The summed E-state index contributed by atoms with van der Waals surface area (Å²) in [5, 5.41) is 11.0. The summed E-state index contributed by atoms with van der Waals surface area (Å²) in [5.74, 6) is 0. The smallest absolute Gasteiger partial charge is 0.106 e. The Bertz CT molecular complexity index is 586. The number of aryl methyl sites for hydroxylation is 1. The first-order valence-electron chi connectivity index (χ1n) is 5.48. The third kappa shape index (κ3) is 2.69. The molecule has 0 aliphatic heterocycles. The quantitative estimate of drug-likeness (QED) is 0.817. The summed E-state index contributed by atoms with van der Waals surface area (Å²) < 4.78 is 0.879. The van der Waals surface area contributed by atoms with Crippen molar-refractivity contribution in [3.63, 3.8) is 0 Å². The lowest BCUT2D eigenvalue weighted by atomic mass is 9.99. The fourth-order valence-electron chi connectivity index (χ4n) is 1.74. The Balaban J connectivity index is 2.44. The molecule has 4 heteroatoms. The molecule has 0 saturated heterocycles. The van der Waals surface area contributed by atoms with E-state index < -0.39 is 6.10 Å². The van der Waals surface area contributed by atoms with E-state index in [2.05, 4.69) is 15.9 Å². The van der Waals surface area contributed by atoms with Crippen LogP contribution in [0.4, 0.5) is 5.69 Å². The number of anilines is 1. The molecular formula is C14H13BrClNO. The SMILES string of the molecule is Cc1ccc(C(O)c2cc(Br)ccc2N)cc1Cl. The van der Waals surface area contributed by atoms with Crippen LogP contribution >= 0.6 is 27.5 Å². The van der Waals surface area contributed by atoms with Crippen molar-refractivity contribution in [3.8, 4) is 0 Å². The van der Waals surface area contributed by atoms with E-state index in [9.17, 15) is 5.11 Å². The lowest BCUT2D eigenvalue weighted by Gasteiger charge is -2.15. The maximum atomic E-state index is 10.4. The van der Waals surface area contributed by atoms with Crippen LogP contribution in [0.2, 0.25) is 5.02 Å². The molecular weight excluding hydrogens is 314 g/mol. The molecule has 2 rings (SSSR count). The number of aliphatic hydroxyl groups is 1. The van der Waals surface area contributed by atoms with Gasteiger partial charge in [0.1, 0.15) is 6.10 Å². The van der Waals surface area contributed by atoms with Crippen LogP contribution in [0.25, 0.3) is 0 Å². The number of aliphatic hydroxyl groups excluding tert-OH is 1. The molecule has 1 unspecified atom stereocenters. The number of rotatable bonds is 2. The zero-order chi connectivity index (χ0) is 13.3. The molecule has 0 bridgehead atoms. The molecule has 0 aliphatic carbocycles. The van der Waals surface area contributed by atoms with E-state index in [1.165, 1.54) is 0 Å². The van der Waals surface area contributed by atoms with Gasteiger partial charge < -0.3 is 10.8 Å². The fourth-order valence-corrected chi connectivity index (χ4v) is 2.31. The topological polar surface area (TPSA) is 46.2 Å². The number of halogens is 2. The Labute approximate surface area is 120 Å². The zero-order valence-electron chi connectivity index (χ0n) is 9.82. The second-order valence-electron chi connectivity index (χ2n) is 4.18. The Morgan fingerprint density at radius 3 is 2.61 bits per heavy atom. The van der Waals surface area contributed by atoms with Gasteiger partial charge in [0.25, 0.3) is 0 Å². The van der Waals surface area contributed by atoms with Gasteiger partial charge in [-0.05, 0) is 42.3 Å². The van der Waals surface area contributed by atoms with Crippen molar-refractivity contribution >= 4 is 33.2 Å². The molecule has 3 N–H and O–H groups in total. The minimum atomic E-state index is -0.777. The van der Waals surface area contributed by atoms with Crippen LogP contribution in [-0.2, 0) is 0 Å². The number of nitrogens with two attached hydrogens (primary N) is 1. The maximum Gasteiger partial charge on any atom is 0.106 e. The van der Waals surface area contributed by atoms with E-state index >= 15 is 0 Å². The highest BCUT2D eigenvalue weighted by atomic mass is 79.9. The van der Waals surface area contributed by atoms with Gasteiger partial charge in [0.05, 0.1) is 0 Å². The van der Waals surface area contributed by atoms with Crippen molar-refractivity contribution in [2.75, 3.05) is 5.73 Å². The summed E-state index contributed by atoms with van der Waals surface area (Å²) in [6, 6.07) is 10.9. The third-order valence-electron chi connectivity index (χ3n) is 2.86. The van der Waals surface area contributed by atoms with Gasteiger partial charge in [0.2, 0.25) is 0 Å². The van der Waals surface area contributed by atoms with Crippen molar-refractivity contribution in [1.82, 2.24) is 0 Å². The summed E-state index contributed by atoms with van der Waals surface area (Å²) in [4.78, 5) is 0. The van der Waals surface area contributed by atoms with Crippen molar-refractivity contribution in [1.29, 1.82) is 0 Å². The number of benzene rings is 2. The summed E-state index contributed by atoms with van der Waals surface area (Å²) in [7, 11) is 0. The minimum Gasteiger partial charge on any atom is -0.398 e. The van der Waals surface area contributed by atoms with Crippen LogP contribution in [0.5, 0.6) is 0 Å². The summed E-state index contributed by atoms with van der Waals surface area (Å²) in [5.41, 5.74) is 8.82. The van der Waals surface area contributed by atoms with Crippen molar-refractivity contribution in [3.05, 3.63) is 62.6 Å². The Morgan fingerprint density at radius 2 is 1.94 bits per heavy atom. The van der Waals surface area contributed by atoms with Crippen LogP contribution in [0, 0.1) is 6.92 Å². The minimum absolute atomic E-state index is 0.558. The lowest BCUT2D eigenvalue weighted by molar-refractivity contribution is 0.221. The van der Waals surface area contributed by atoms with Gasteiger partial charge in [-0.1, -0.05) is 39.7 Å². The molecule has 2 aromatic rings. The Hall–Kier alpha value is -1.03. The second-order valence-corrected chi connectivity index (χ2v) is 5.51. The molecule has 0 aromatic heterocycles. The van der Waals surface area contributed by atoms with E-state index in [1.807, 2.05) is 31.2 Å². The first-order valence-corrected chi connectivity index (χ1v) is 6.65. The van der Waals surface area contributed by atoms with E-state index in [0.717, 1.165) is 15.6 Å². The first kappa shape index (κ1) is 13.4. The number of hydrogen-bond acceptors (Lipinski definition) is 2. The van der Waals surface area contributed by atoms with Crippen LogP contribution in [0.15, 0.2) is 40.9 Å². The average molecular weight is 327 g/mol. The van der Waals surface area contributed by atoms with Gasteiger partial charge in [-0.3, -0.25) is 0 Å². The predicted molar refractivity (Wildman–Crippen MR) is 78.8 cm³/mol. The Morgan fingerprint density at radius 1 is 1.22 bits per heavy atom. The lowest BCUT2D eigenvalue weighted by Crippen LogP contribution is -2.04. The van der Waals surface area contributed by atoms with Crippen LogP contribution < -0.4 is 5.73 Å². The molecule has 0 aliphatic rings. The van der Waals surface area contributed by atoms with Gasteiger partial charge in [-0.15, -0.1) is 0 Å². The molecule has 0 saturated carbocycles. The van der Waals surface area contributed by atoms with Crippen molar-refractivity contribution < 1.29 is 5.11 Å². The van der Waals surface area contributed by atoms with E-state index in [4.69, 9.17) is 17.3 Å². The zero-order valence-corrected chi connectivity index (χ0v) is 12.2. The molecule has 1 atom stereocenters. The molecule has 0 heterocycles. The van der Waals surface area contributed by atoms with Crippen molar-refractivity contribution in [2.24, 2.45) is 0 Å². The van der Waals surface area contributed by atoms with E-state index in [0.29, 0.717) is 16.3 Å². The number of nitrogen functional groups attached to an aromatic ring is 1.